The highest BCUT2D eigenvalue weighted by molar-refractivity contribution is 6.30. The van der Waals surface area contributed by atoms with Crippen molar-refractivity contribution in [3.63, 3.8) is 0 Å². The van der Waals surface area contributed by atoms with Crippen LogP contribution in [0.25, 0.3) is 0 Å². The van der Waals surface area contributed by atoms with Gasteiger partial charge >= 0.3 is 0 Å². The average Bonchev–Trinajstić information content (AvgIpc) is 2.40. The SMILES string of the molecule is CC(C)(C)c1nn(C(C)(C)C)c(Cl)c1C#N. The van der Waals surface area contributed by atoms with Crippen molar-refractivity contribution in [2.75, 3.05) is 0 Å². The van der Waals surface area contributed by atoms with Crippen LogP contribution in [0.4, 0.5) is 0 Å². The van der Waals surface area contributed by atoms with Crippen molar-refractivity contribution in [3.05, 3.63) is 16.4 Å². The summed E-state index contributed by atoms with van der Waals surface area (Å²) in [6, 6.07) is 2.15. The lowest BCUT2D eigenvalue weighted by Gasteiger charge is -2.21. The molecule has 88 valence electrons. The smallest absolute Gasteiger partial charge is 0.145 e. The van der Waals surface area contributed by atoms with Crippen LogP contribution in [0.1, 0.15) is 52.8 Å². The molecule has 0 bridgehead atoms. The Kier molecular flexibility index (Phi) is 3.08. The number of aromatic nitrogens is 2. The second kappa shape index (κ2) is 3.78. The van der Waals surface area contributed by atoms with Gasteiger partial charge < -0.3 is 0 Å². The van der Waals surface area contributed by atoms with Gasteiger partial charge in [0, 0.05) is 5.41 Å². The lowest BCUT2D eigenvalue weighted by Crippen LogP contribution is -2.24. The van der Waals surface area contributed by atoms with E-state index in [-0.39, 0.29) is 11.0 Å². The fourth-order valence-electron chi connectivity index (χ4n) is 1.47. The highest BCUT2D eigenvalue weighted by Gasteiger charge is 2.29. The van der Waals surface area contributed by atoms with Crippen molar-refractivity contribution in [2.24, 2.45) is 0 Å². The predicted octanol–water partition coefficient (Wildman–Crippen LogP) is 3.46. The highest BCUT2D eigenvalue weighted by Crippen LogP contribution is 2.32. The minimum Gasteiger partial charge on any atom is -0.247 e. The fourth-order valence-corrected chi connectivity index (χ4v) is 1.89. The Hall–Kier alpha value is -1.01. The molecule has 0 N–H and O–H groups in total. The van der Waals surface area contributed by atoms with E-state index in [0.29, 0.717) is 10.7 Å². The molecule has 0 aromatic carbocycles. The van der Waals surface area contributed by atoms with E-state index in [2.05, 4.69) is 11.2 Å². The van der Waals surface area contributed by atoms with Crippen molar-refractivity contribution in [1.29, 1.82) is 5.26 Å². The Morgan fingerprint density at radius 1 is 1.19 bits per heavy atom. The van der Waals surface area contributed by atoms with Gasteiger partial charge in [0.15, 0.2) is 0 Å². The molecular weight excluding hydrogens is 222 g/mol. The molecule has 0 atom stereocenters. The van der Waals surface area contributed by atoms with E-state index in [1.807, 2.05) is 41.5 Å². The molecule has 1 heterocycles. The minimum atomic E-state index is -0.216. The van der Waals surface area contributed by atoms with Crippen LogP contribution in [-0.2, 0) is 11.0 Å². The molecule has 1 aromatic rings. The second-order valence-electron chi connectivity index (χ2n) is 5.96. The van der Waals surface area contributed by atoms with Crippen LogP contribution in [0.15, 0.2) is 0 Å². The number of halogens is 1. The van der Waals surface area contributed by atoms with Crippen LogP contribution >= 0.6 is 11.6 Å². The molecular formula is C12H18ClN3. The first-order valence-electron chi connectivity index (χ1n) is 5.28. The molecule has 1 aromatic heterocycles. The van der Waals surface area contributed by atoms with E-state index >= 15 is 0 Å². The Morgan fingerprint density at radius 3 is 1.94 bits per heavy atom. The topological polar surface area (TPSA) is 41.6 Å². The van der Waals surface area contributed by atoms with Gasteiger partial charge in [-0.3, -0.25) is 0 Å². The molecule has 0 unspecified atom stereocenters. The predicted molar refractivity (Wildman–Crippen MR) is 65.6 cm³/mol. The molecule has 0 aliphatic heterocycles. The highest BCUT2D eigenvalue weighted by atomic mass is 35.5. The number of hydrogen-bond acceptors (Lipinski definition) is 2. The van der Waals surface area contributed by atoms with E-state index in [4.69, 9.17) is 16.9 Å². The maximum atomic E-state index is 9.15. The lowest BCUT2D eigenvalue weighted by molar-refractivity contribution is 0.349. The zero-order chi connectivity index (χ0) is 12.7. The third-order valence-electron chi connectivity index (χ3n) is 2.29. The summed E-state index contributed by atoms with van der Waals surface area (Å²) in [5, 5.41) is 14.1. The summed E-state index contributed by atoms with van der Waals surface area (Å²) in [5.41, 5.74) is 0.858. The summed E-state index contributed by atoms with van der Waals surface area (Å²) in [6.45, 7) is 12.1. The average molecular weight is 240 g/mol. The molecule has 0 spiro atoms. The lowest BCUT2D eigenvalue weighted by atomic mass is 9.90. The van der Waals surface area contributed by atoms with Crippen LogP contribution in [0.5, 0.6) is 0 Å². The molecule has 16 heavy (non-hydrogen) atoms. The van der Waals surface area contributed by atoms with Crippen LogP contribution in [0.2, 0.25) is 5.15 Å². The maximum Gasteiger partial charge on any atom is 0.145 e. The first-order valence-corrected chi connectivity index (χ1v) is 5.66. The van der Waals surface area contributed by atoms with Crippen molar-refractivity contribution < 1.29 is 0 Å². The summed E-state index contributed by atoms with van der Waals surface area (Å²) < 4.78 is 1.72. The van der Waals surface area contributed by atoms with Gasteiger partial charge in [-0.15, -0.1) is 0 Å². The summed E-state index contributed by atoms with van der Waals surface area (Å²) in [5.74, 6) is 0. The van der Waals surface area contributed by atoms with Crippen molar-refractivity contribution in [3.8, 4) is 6.07 Å². The van der Waals surface area contributed by atoms with Gasteiger partial charge in [0.25, 0.3) is 0 Å². The Bertz CT molecular complexity index is 439. The molecule has 0 fully saturated rings. The van der Waals surface area contributed by atoms with Crippen LogP contribution in [0, 0.1) is 11.3 Å². The van der Waals surface area contributed by atoms with Gasteiger partial charge in [0.2, 0.25) is 0 Å². The monoisotopic (exact) mass is 239 g/mol. The van der Waals surface area contributed by atoms with Gasteiger partial charge in [-0.05, 0) is 20.8 Å². The van der Waals surface area contributed by atoms with E-state index < -0.39 is 0 Å². The van der Waals surface area contributed by atoms with Gasteiger partial charge in [0.1, 0.15) is 16.8 Å². The van der Waals surface area contributed by atoms with Crippen molar-refractivity contribution in [1.82, 2.24) is 9.78 Å². The first-order chi connectivity index (χ1) is 7.09. The van der Waals surface area contributed by atoms with Crippen LogP contribution in [0.3, 0.4) is 0 Å². The zero-order valence-corrected chi connectivity index (χ0v) is 11.5. The van der Waals surface area contributed by atoms with Gasteiger partial charge in [0.05, 0.1) is 11.2 Å². The Morgan fingerprint density at radius 2 is 1.69 bits per heavy atom. The van der Waals surface area contributed by atoms with Crippen molar-refractivity contribution >= 4 is 11.6 Å². The van der Waals surface area contributed by atoms with Crippen LogP contribution in [-0.4, -0.2) is 9.78 Å². The molecule has 0 radical (unpaired) electrons. The van der Waals surface area contributed by atoms with E-state index in [9.17, 15) is 0 Å². The van der Waals surface area contributed by atoms with Crippen molar-refractivity contribution in [2.45, 2.75) is 52.5 Å². The van der Waals surface area contributed by atoms with Gasteiger partial charge in [-0.2, -0.15) is 10.4 Å². The van der Waals surface area contributed by atoms with E-state index in [1.165, 1.54) is 0 Å². The summed E-state index contributed by atoms with van der Waals surface area (Å²) in [7, 11) is 0. The first kappa shape index (κ1) is 13.1. The third-order valence-corrected chi connectivity index (χ3v) is 2.64. The van der Waals surface area contributed by atoms with Crippen LogP contribution < -0.4 is 0 Å². The molecule has 0 aliphatic rings. The Balaban J connectivity index is 3.52. The number of rotatable bonds is 0. The van der Waals surface area contributed by atoms with E-state index in [0.717, 1.165) is 5.69 Å². The summed E-state index contributed by atoms with van der Waals surface area (Å²) in [4.78, 5) is 0. The molecule has 0 aliphatic carbocycles. The summed E-state index contributed by atoms with van der Waals surface area (Å²) >= 11 is 6.20. The zero-order valence-electron chi connectivity index (χ0n) is 10.7. The molecule has 4 heteroatoms. The standard InChI is InChI=1S/C12H18ClN3/c1-11(2,3)9-8(7-14)10(13)16(15-9)12(4,5)6/h1-6H3. The van der Waals surface area contributed by atoms with Gasteiger partial charge in [-0.25, -0.2) is 4.68 Å². The normalized spacial score (nSPS) is 12.6. The number of hydrogen-bond donors (Lipinski definition) is 0. The molecule has 1 rings (SSSR count). The minimum absolute atomic E-state index is 0.175. The number of nitrogens with zero attached hydrogens (tertiary/aromatic N) is 3. The molecule has 0 amide bonds. The summed E-state index contributed by atoms with van der Waals surface area (Å²) in [6.07, 6.45) is 0. The third kappa shape index (κ3) is 2.22. The number of nitriles is 1. The Labute approximate surface area is 102 Å². The second-order valence-corrected chi connectivity index (χ2v) is 6.32. The fraction of sp³-hybridized carbons (Fsp3) is 0.667. The quantitative estimate of drug-likeness (QED) is 0.696. The molecule has 3 nitrogen and oxygen atoms in total. The maximum absolute atomic E-state index is 9.15. The van der Waals surface area contributed by atoms with Gasteiger partial charge in [-0.1, -0.05) is 32.4 Å². The molecule has 0 saturated carbocycles. The largest absolute Gasteiger partial charge is 0.247 e. The molecule has 0 saturated heterocycles. The van der Waals surface area contributed by atoms with E-state index in [1.54, 1.807) is 4.68 Å².